The van der Waals surface area contributed by atoms with Crippen molar-refractivity contribution in [1.82, 2.24) is 0 Å². The van der Waals surface area contributed by atoms with Crippen LogP contribution in [0.4, 0.5) is 5.69 Å². The Bertz CT molecular complexity index is 602. The molecule has 0 atom stereocenters. The number of rotatable bonds is 4. The monoisotopic (exact) mass is 275 g/mol. The average Bonchev–Trinajstić information content (AvgIpc) is 2.78. The molecule has 0 aliphatic heterocycles. The first-order valence-electron chi connectivity index (χ1n) is 6.29. The number of aliphatic imine (C=N–C) groups is 1. The molecular weight excluding hydrogens is 258 g/mol. The van der Waals surface area contributed by atoms with Crippen molar-refractivity contribution in [3.63, 3.8) is 0 Å². The van der Waals surface area contributed by atoms with Crippen molar-refractivity contribution in [3.8, 4) is 11.5 Å². The minimum atomic E-state index is -0.0781. The van der Waals surface area contributed by atoms with E-state index in [2.05, 4.69) is 4.99 Å². The maximum Gasteiger partial charge on any atom is 0.168 e. The van der Waals surface area contributed by atoms with Crippen molar-refractivity contribution in [1.29, 1.82) is 0 Å². The molecule has 0 aromatic heterocycles. The van der Waals surface area contributed by atoms with Crippen LogP contribution in [0.2, 0.25) is 0 Å². The third-order valence-electron chi connectivity index (χ3n) is 3.19. The molecule has 5 nitrogen and oxygen atoms in total. The Morgan fingerprint density at radius 2 is 2.00 bits per heavy atom. The number of allylic oxidation sites excluding steroid dienone is 2. The smallest absolute Gasteiger partial charge is 0.168 e. The first-order chi connectivity index (χ1) is 9.56. The van der Waals surface area contributed by atoms with Gasteiger partial charge in [-0.2, -0.15) is 0 Å². The SMILES string of the molecule is COc1ccc(OC)c(N=C(C)C2=C(O)CCC2=O)c1. The number of ether oxygens (including phenoxy) is 2. The van der Waals surface area contributed by atoms with Crippen LogP contribution in [0.15, 0.2) is 34.5 Å². The Balaban J connectivity index is 2.44. The molecule has 20 heavy (non-hydrogen) atoms. The van der Waals surface area contributed by atoms with E-state index in [0.29, 0.717) is 41.3 Å². The number of aliphatic hydroxyl groups excluding tert-OH is 1. The van der Waals surface area contributed by atoms with Crippen molar-refractivity contribution in [2.45, 2.75) is 19.8 Å². The summed E-state index contributed by atoms with van der Waals surface area (Å²) in [5.74, 6) is 1.26. The molecular formula is C15H17NO4. The van der Waals surface area contributed by atoms with Gasteiger partial charge in [0.1, 0.15) is 22.9 Å². The van der Waals surface area contributed by atoms with Gasteiger partial charge in [0.15, 0.2) is 5.78 Å². The van der Waals surface area contributed by atoms with Crippen molar-refractivity contribution in [3.05, 3.63) is 29.5 Å². The van der Waals surface area contributed by atoms with Crippen molar-refractivity contribution in [2.24, 2.45) is 4.99 Å². The first-order valence-corrected chi connectivity index (χ1v) is 6.29. The number of hydrogen-bond acceptors (Lipinski definition) is 5. The summed E-state index contributed by atoms with van der Waals surface area (Å²) >= 11 is 0. The van der Waals surface area contributed by atoms with Gasteiger partial charge in [-0.25, -0.2) is 4.99 Å². The van der Waals surface area contributed by atoms with E-state index in [9.17, 15) is 9.90 Å². The van der Waals surface area contributed by atoms with E-state index in [1.165, 1.54) is 0 Å². The van der Waals surface area contributed by atoms with Crippen LogP contribution in [0.1, 0.15) is 19.8 Å². The van der Waals surface area contributed by atoms with E-state index in [1.54, 1.807) is 39.3 Å². The predicted molar refractivity (Wildman–Crippen MR) is 76.2 cm³/mol. The summed E-state index contributed by atoms with van der Waals surface area (Å²) in [5, 5.41) is 9.76. The molecule has 0 bridgehead atoms. The van der Waals surface area contributed by atoms with Crippen LogP contribution in [-0.4, -0.2) is 30.8 Å². The minimum absolute atomic E-state index is 0.0781. The molecule has 0 spiro atoms. The van der Waals surface area contributed by atoms with Crippen molar-refractivity contribution in [2.75, 3.05) is 14.2 Å². The summed E-state index contributed by atoms with van der Waals surface area (Å²) in [7, 11) is 3.12. The number of aliphatic hydroxyl groups is 1. The molecule has 5 heteroatoms. The third kappa shape index (κ3) is 2.66. The Morgan fingerprint density at radius 3 is 2.55 bits per heavy atom. The van der Waals surface area contributed by atoms with Crippen molar-refractivity contribution < 1.29 is 19.4 Å². The maximum absolute atomic E-state index is 11.7. The van der Waals surface area contributed by atoms with Gasteiger partial charge in [-0.15, -0.1) is 0 Å². The number of carbonyl (C=O) groups excluding carboxylic acids is 1. The molecule has 0 amide bonds. The second kappa shape index (κ2) is 5.77. The van der Waals surface area contributed by atoms with Gasteiger partial charge in [-0.05, 0) is 19.1 Å². The normalized spacial score (nSPS) is 15.8. The second-order valence-corrected chi connectivity index (χ2v) is 4.48. The summed E-state index contributed by atoms with van der Waals surface area (Å²) in [6, 6.07) is 5.24. The molecule has 1 aromatic carbocycles. The highest BCUT2D eigenvalue weighted by atomic mass is 16.5. The van der Waals surface area contributed by atoms with Crippen LogP contribution in [0.5, 0.6) is 11.5 Å². The molecule has 2 rings (SSSR count). The van der Waals surface area contributed by atoms with E-state index in [4.69, 9.17) is 9.47 Å². The number of nitrogens with zero attached hydrogens (tertiary/aromatic N) is 1. The molecule has 106 valence electrons. The number of Topliss-reactive ketones (excluding diaryl/α,β-unsaturated/α-hetero) is 1. The molecule has 0 saturated carbocycles. The van der Waals surface area contributed by atoms with E-state index in [0.717, 1.165) is 0 Å². The second-order valence-electron chi connectivity index (χ2n) is 4.48. The number of hydrogen-bond donors (Lipinski definition) is 1. The Kier molecular flexibility index (Phi) is 4.08. The fourth-order valence-corrected chi connectivity index (χ4v) is 2.17. The summed E-state index contributed by atoms with van der Waals surface area (Å²) in [6.07, 6.45) is 0.722. The Hall–Kier alpha value is -2.30. The topological polar surface area (TPSA) is 68.1 Å². The lowest BCUT2D eigenvalue weighted by atomic mass is 10.1. The molecule has 0 fully saturated rings. The summed E-state index contributed by atoms with van der Waals surface area (Å²) in [6.45, 7) is 1.70. The zero-order valence-corrected chi connectivity index (χ0v) is 11.8. The van der Waals surface area contributed by atoms with E-state index in [-0.39, 0.29) is 11.5 Å². The molecule has 0 heterocycles. The van der Waals surface area contributed by atoms with E-state index >= 15 is 0 Å². The number of benzene rings is 1. The summed E-state index contributed by atoms with van der Waals surface area (Å²) in [5.41, 5.74) is 1.36. The van der Waals surface area contributed by atoms with Crippen LogP contribution in [0, 0.1) is 0 Å². The molecule has 1 aliphatic carbocycles. The Morgan fingerprint density at radius 1 is 1.25 bits per heavy atom. The highest BCUT2D eigenvalue weighted by Crippen LogP contribution is 2.33. The number of ketones is 1. The maximum atomic E-state index is 11.7. The zero-order chi connectivity index (χ0) is 14.7. The quantitative estimate of drug-likeness (QED) is 0.858. The Labute approximate surface area is 117 Å². The van der Waals surface area contributed by atoms with Gasteiger partial charge in [-0.3, -0.25) is 4.79 Å². The zero-order valence-electron chi connectivity index (χ0n) is 11.8. The molecule has 1 N–H and O–H groups in total. The van der Waals surface area contributed by atoms with Crippen LogP contribution in [0.3, 0.4) is 0 Å². The van der Waals surface area contributed by atoms with Gasteiger partial charge in [0.05, 0.1) is 25.5 Å². The van der Waals surface area contributed by atoms with Gasteiger partial charge >= 0.3 is 0 Å². The summed E-state index contributed by atoms with van der Waals surface area (Å²) < 4.78 is 10.4. The fraction of sp³-hybridized carbons (Fsp3) is 0.333. The average molecular weight is 275 g/mol. The van der Waals surface area contributed by atoms with Gasteiger partial charge in [0, 0.05) is 18.9 Å². The predicted octanol–water partition coefficient (Wildman–Crippen LogP) is 2.97. The van der Waals surface area contributed by atoms with Crippen molar-refractivity contribution >= 4 is 17.2 Å². The lowest BCUT2D eigenvalue weighted by Crippen LogP contribution is -2.06. The molecule has 0 unspecified atom stereocenters. The lowest BCUT2D eigenvalue weighted by Gasteiger charge is -2.08. The largest absolute Gasteiger partial charge is 0.511 e. The number of methoxy groups -OCH3 is 2. The third-order valence-corrected chi connectivity index (χ3v) is 3.19. The standard InChI is InChI=1S/C15H17NO4/c1-9(15-12(17)5-6-13(15)18)16-11-8-10(19-2)4-7-14(11)20-3/h4,7-8,17H,5-6H2,1-3H3. The first kappa shape index (κ1) is 14.1. The highest BCUT2D eigenvalue weighted by molar-refractivity contribution is 6.23. The molecule has 1 aromatic rings. The summed E-state index contributed by atoms with van der Waals surface area (Å²) in [4.78, 5) is 16.1. The van der Waals surface area contributed by atoms with Crippen LogP contribution < -0.4 is 9.47 Å². The molecule has 0 saturated heterocycles. The van der Waals surface area contributed by atoms with E-state index < -0.39 is 0 Å². The van der Waals surface area contributed by atoms with Gasteiger partial charge in [0.2, 0.25) is 0 Å². The minimum Gasteiger partial charge on any atom is -0.511 e. The van der Waals surface area contributed by atoms with Gasteiger partial charge in [-0.1, -0.05) is 0 Å². The number of carbonyl (C=O) groups is 1. The molecule has 0 radical (unpaired) electrons. The highest BCUT2D eigenvalue weighted by Gasteiger charge is 2.25. The van der Waals surface area contributed by atoms with Crippen LogP contribution >= 0.6 is 0 Å². The van der Waals surface area contributed by atoms with Crippen LogP contribution in [0.25, 0.3) is 0 Å². The fourth-order valence-electron chi connectivity index (χ4n) is 2.17. The van der Waals surface area contributed by atoms with Crippen LogP contribution in [-0.2, 0) is 4.79 Å². The van der Waals surface area contributed by atoms with E-state index in [1.807, 2.05) is 0 Å². The lowest BCUT2D eigenvalue weighted by molar-refractivity contribution is -0.114. The van der Waals surface area contributed by atoms with Gasteiger partial charge < -0.3 is 14.6 Å². The van der Waals surface area contributed by atoms with Gasteiger partial charge in [0.25, 0.3) is 0 Å². The molecule has 1 aliphatic rings.